The maximum Gasteiger partial charge on any atom is 0.264 e. The van der Waals surface area contributed by atoms with Crippen LogP contribution in [0.4, 0.5) is 0 Å². The SMILES string of the molecule is CS(=O)(=O)OCc1nnnn1C(c1ccccc1)(c1ccccc1)c1ccccc1. The average Bonchev–Trinajstić information content (AvgIpc) is 3.24. The Bertz CT molecular complexity index is 1110. The zero-order valence-electron chi connectivity index (χ0n) is 16.3. The summed E-state index contributed by atoms with van der Waals surface area (Å²) in [5.41, 5.74) is 1.85. The Kier molecular flexibility index (Phi) is 5.43. The first-order valence-electron chi connectivity index (χ1n) is 9.30. The molecule has 0 fully saturated rings. The van der Waals surface area contributed by atoms with E-state index >= 15 is 0 Å². The Morgan fingerprint density at radius 3 is 1.63 bits per heavy atom. The first-order chi connectivity index (χ1) is 14.5. The zero-order valence-corrected chi connectivity index (χ0v) is 17.1. The number of rotatable bonds is 7. The molecule has 0 aliphatic heterocycles. The van der Waals surface area contributed by atoms with Crippen LogP contribution < -0.4 is 0 Å². The van der Waals surface area contributed by atoms with E-state index in [9.17, 15) is 8.42 Å². The molecule has 0 atom stereocenters. The normalized spacial score (nSPS) is 12.0. The summed E-state index contributed by atoms with van der Waals surface area (Å²) in [6, 6.07) is 29.6. The number of hydrogen-bond acceptors (Lipinski definition) is 6. The minimum absolute atomic E-state index is 0.278. The summed E-state index contributed by atoms with van der Waals surface area (Å²) in [5.74, 6) is 0.289. The van der Waals surface area contributed by atoms with Crippen molar-refractivity contribution < 1.29 is 12.6 Å². The van der Waals surface area contributed by atoms with Gasteiger partial charge in [0.2, 0.25) is 0 Å². The van der Waals surface area contributed by atoms with Crippen molar-refractivity contribution in [2.24, 2.45) is 0 Å². The molecule has 0 aliphatic carbocycles. The Labute approximate surface area is 175 Å². The molecule has 0 bridgehead atoms. The van der Waals surface area contributed by atoms with Crippen LogP contribution in [0.25, 0.3) is 0 Å². The molecule has 30 heavy (non-hydrogen) atoms. The highest BCUT2D eigenvalue weighted by atomic mass is 32.2. The third kappa shape index (κ3) is 3.74. The summed E-state index contributed by atoms with van der Waals surface area (Å²) in [4.78, 5) is 0. The molecule has 0 aliphatic rings. The molecule has 0 saturated heterocycles. The van der Waals surface area contributed by atoms with Gasteiger partial charge in [-0.15, -0.1) is 5.10 Å². The Hall–Kier alpha value is -3.36. The second-order valence-electron chi connectivity index (χ2n) is 6.78. The molecular formula is C22H20N4O3S. The van der Waals surface area contributed by atoms with Crippen molar-refractivity contribution in [3.63, 3.8) is 0 Å². The molecule has 0 saturated carbocycles. The van der Waals surface area contributed by atoms with Gasteiger partial charge in [-0.2, -0.15) is 8.42 Å². The van der Waals surface area contributed by atoms with E-state index in [4.69, 9.17) is 4.18 Å². The third-order valence-corrected chi connectivity index (χ3v) is 5.37. The molecule has 3 aromatic carbocycles. The van der Waals surface area contributed by atoms with Gasteiger partial charge in [-0.3, -0.25) is 4.18 Å². The van der Waals surface area contributed by atoms with Gasteiger partial charge in [-0.05, 0) is 27.1 Å². The van der Waals surface area contributed by atoms with Crippen molar-refractivity contribution in [1.82, 2.24) is 20.2 Å². The minimum atomic E-state index is -3.67. The van der Waals surface area contributed by atoms with E-state index in [-0.39, 0.29) is 12.4 Å². The first-order valence-corrected chi connectivity index (χ1v) is 11.1. The van der Waals surface area contributed by atoms with Crippen LogP contribution >= 0.6 is 0 Å². The molecular weight excluding hydrogens is 400 g/mol. The summed E-state index contributed by atoms with van der Waals surface area (Å²) < 4.78 is 29.9. The summed E-state index contributed by atoms with van der Waals surface area (Å²) >= 11 is 0. The summed E-state index contributed by atoms with van der Waals surface area (Å²) in [7, 11) is -3.67. The van der Waals surface area contributed by atoms with Crippen LogP contribution in [-0.2, 0) is 26.4 Å². The summed E-state index contributed by atoms with van der Waals surface area (Å²) in [6.07, 6.45) is 1.000. The molecule has 7 nitrogen and oxygen atoms in total. The lowest BCUT2D eigenvalue weighted by molar-refractivity contribution is 0.283. The van der Waals surface area contributed by atoms with E-state index in [0.717, 1.165) is 22.9 Å². The number of aromatic nitrogens is 4. The van der Waals surface area contributed by atoms with E-state index in [2.05, 4.69) is 15.5 Å². The van der Waals surface area contributed by atoms with Crippen molar-refractivity contribution in [2.75, 3.05) is 6.26 Å². The predicted molar refractivity (Wildman–Crippen MR) is 112 cm³/mol. The standard InChI is InChI=1S/C22H20N4O3S/c1-30(27,28)29-17-21-23-24-25-26(21)22(18-11-5-2-6-12-18,19-13-7-3-8-14-19)20-15-9-4-10-16-20/h2-16H,17H2,1H3. The van der Waals surface area contributed by atoms with Gasteiger partial charge in [0.05, 0.1) is 6.26 Å². The lowest BCUT2D eigenvalue weighted by atomic mass is 9.77. The smallest absolute Gasteiger partial charge is 0.262 e. The van der Waals surface area contributed by atoms with Crippen molar-refractivity contribution in [3.05, 3.63) is 114 Å². The fourth-order valence-electron chi connectivity index (χ4n) is 3.62. The average molecular weight is 420 g/mol. The van der Waals surface area contributed by atoms with E-state index in [1.54, 1.807) is 4.68 Å². The zero-order chi connectivity index (χ0) is 21.0. The Morgan fingerprint density at radius 2 is 1.23 bits per heavy atom. The van der Waals surface area contributed by atoms with Gasteiger partial charge in [-0.25, -0.2) is 4.68 Å². The number of benzene rings is 3. The Morgan fingerprint density at radius 1 is 0.800 bits per heavy atom. The monoisotopic (exact) mass is 420 g/mol. The molecule has 4 rings (SSSR count). The molecule has 4 aromatic rings. The maximum absolute atomic E-state index is 11.6. The second kappa shape index (κ2) is 8.17. The lowest BCUT2D eigenvalue weighted by Gasteiger charge is -2.36. The molecule has 0 spiro atoms. The second-order valence-corrected chi connectivity index (χ2v) is 8.43. The van der Waals surface area contributed by atoms with E-state index < -0.39 is 15.7 Å². The highest BCUT2D eigenvalue weighted by Crippen LogP contribution is 2.40. The minimum Gasteiger partial charge on any atom is -0.262 e. The first kappa shape index (κ1) is 19.9. The fraction of sp³-hybridized carbons (Fsp3) is 0.136. The molecule has 0 N–H and O–H groups in total. The highest BCUT2D eigenvalue weighted by molar-refractivity contribution is 7.85. The van der Waals surface area contributed by atoms with Crippen LogP contribution in [0.3, 0.4) is 0 Å². The topological polar surface area (TPSA) is 87.0 Å². The molecule has 0 radical (unpaired) electrons. The Balaban J connectivity index is 2.04. The summed E-state index contributed by atoms with van der Waals surface area (Å²) in [6.45, 7) is -0.278. The number of hydrogen-bond donors (Lipinski definition) is 0. The van der Waals surface area contributed by atoms with Gasteiger partial charge in [0.25, 0.3) is 10.1 Å². The van der Waals surface area contributed by atoms with Crippen LogP contribution in [-0.4, -0.2) is 34.9 Å². The van der Waals surface area contributed by atoms with Crippen LogP contribution in [0.1, 0.15) is 22.5 Å². The third-order valence-electron chi connectivity index (χ3n) is 4.83. The van der Waals surface area contributed by atoms with E-state index in [1.807, 2.05) is 91.0 Å². The van der Waals surface area contributed by atoms with Crippen LogP contribution in [0.5, 0.6) is 0 Å². The largest absolute Gasteiger partial charge is 0.264 e. The van der Waals surface area contributed by atoms with Crippen LogP contribution in [0.15, 0.2) is 91.0 Å². The van der Waals surface area contributed by atoms with Gasteiger partial charge in [0, 0.05) is 0 Å². The van der Waals surface area contributed by atoms with Gasteiger partial charge in [0.1, 0.15) is 12.1 Å². The van der Waals surface area contributed by atoms with Crippen molar-refractivity contribution in [3.8, 4) is 0 Å². The molecule has 0 unspecified atom stereocenters. The molecule has 0 amide bonds. The molecule has 152 valence electrons. The van der Waals surface area contributed by atoms with E-state index in [0.29, 0.717) is 0 Å². The number of nitrogens with zero attached hydrogens (tertiary/aromatic N) is 4. The van der Waals surface area contributed by atoms with Crippen LogP contribution in [0, 0.1) is 0 Å². The maximum atomic E-state index is 11.6. The van der Waals surface area contributed by atoms with E-state index in [1.165, 1.54) is 0 Å². The molecule has 8 heteroatoms. The van der Waals surface area contributed by atoms with Gasteiger partial charge in [-0.1, -0.05) is 91.0 Å². The fourth-order valence-corrected chi connectivity index (χ4v) is 3.94. The van der Waals surface area contributed by atoms with Gasteiger partial charge >= 0.3 is 0 Å². The van der Waals surface area contributed by atoms with Crippen molar-refractivity contribution >= 4 is 10.1 Å². The van der Waals surface area contributed by atoms with Crippen molar-refractivity contribution in [2.45, 2.75) is 12.1 Å². The van der Waals surface area contributed by atoms with Gasteiger partial charge < -0.3 is 0 Å². The quantitative estimate of drug-likeness (QED) is 0.337. The molecule has 1 heterocycles. The van der Waals surface area contributed by atoms with Crippen molar-refractivity contribution in [1.29, 1.82) is 0 Å². The number of tetrazole rings is 1. The van der Waals surface area contributed by atoms with Crippen LogP contribution in [0.2, 0.25) is 0 Å². The summed E-state index contributed by atoms with van der Waals surface area (Å²) in [5, 5.41) is 12.2. The molecule has 1 aromatic heterocycles. The lowest BCUT2D eigenvalue weighted by Crippen LogP contribution is -2.40. The predicted octanol–water partition coefficient (Wildman–Crippen LogP) is 2.99. The van der Waals surface area contributed by atoms with Gasteiger partial charge in [0.15, 0.2) is 5.82 Å². The highest BCUT2D eigenvalue weighted by Gasteiger charge is 2.41.